The van der Waals surface area contributed by atoms with Crippen LogP contribution in [0.15, 0.2) is 29.2 Å². The van der Waals surface area contributed by atoms with Crippen LogP contribution in [-0.2, 0) is 14.8 Å². The monoisotopic (exact) mass is 300 g/mol. The molecule has 0 aliphatic carbocycles. The second-order valence-electron chi connectivity index (χ2n) is 5.00. The molecule has 1 aromatic carbocycles. The maximum absolute atomic E-state index is 12.2. The van der Waals surface area contributed by atoms with Crippen molar-refractivity contribution in [2.45, 2.75) is 24.8 Å². The van der Waals surface area contributed by atoms with Gasteiger partial charge in [-0.25, -0.2) is 13.1 Å². The van der Waals surface area contributed by atoms with E-state index in [4.69, 9.17) is 4.74 Å². The Bertz CT molecular complexity index is 517. The van der Waals surface area contributed by atoms with Crippen molar-refractivity contribution in [3.63, 3.8) is 0 Å². The van der Waals surface area contributed by atoms with E-state index in [1.807, 2.05) is 27.0 Å². The molecule has 0 spiro atoms. The molecule has 114 valence electrons. The largest absolute Gasteiger partial charge is 0.384 e. The van der Waals surface area contributed by atoms with Crippen LogP contribution in [0.4, 0.5) is 0 Å². The third-order valence-corrected chi connectivity index (χ3v) is 4.60. The Kier molecular flexibility index (Phi) is 6.61. The highest BCUT2D eigenvalue weighted by Gasteiger charge is 2.16. The molecule has 0 saturated heterocycles. The van der Waals surface area contributed by atoms with E-state index in [0.717, 1.165) is 5.56 Å². The fourth-order valence-electron chi connectivity index (χ4n) is 1.80. The topological polar surface area (TPSA) is 67.4 Å². The van der Waals surface area contributed by atoms with Gasteiger partial charge in [-0.1, -0.05) is 19.1 Å². The normalized spacial score (nSPS) is 15.0. The first-order valence-electron chi connectivity index (χ1n) is 6.66. The third kappa shape index (κ3) is 4.86. The lowest BCUT2D eigenvalue weighted by molar-refractivity contribution is 0.161. The molecule has 0 aliphatic rings. The average molecular weight is 300 g/mol. The Labute approximate surface area is 121 Å². The SMILES string of the molecule is CNC(C)c1cccc(S(=O)(=O)NCC(C)COC)c1. The number of hydrogen-bond acceptors (Lipinski definition) is 4. The lowest BCUT2D eigenvalue weighted by atomic mass is 10.1. The fraction of sp³-hybridized carbons (Fsp3) is 0.571. The summed E-state index contributed by atoms with van der Waals surface area (Å²) >= 11 is 0. The summed E-state index contributed by atoms with van der Waals surface area (Å²) in [6.07, 6.45) is 0. The second kappa shape index (κ2) is 7.73. The molecular weight excluding hydrogens is 276 g/mol. The number of hydrogen-bond donors (Lipinski definition) is 2. The van der Waals surface area contributed by atoms with Gasteiger partial charge < -0.3 is 10.1 Å². The molecule has 0 aliphatic heterocycles. The molecule has 2 N–H and O–H groups in total. The van der Waals surface area contributed by atoms with Crippen molar-refractivity contribution in [2.24, 2.45) is 5.92 Å². The first-order valence-corrected chi connectivity index (χ1v) is 8.15. The summed E-state index contributed by atoms with van der Waals surface area (Å²) in [6, 6.07) is 7.08. The molecule has 1 aromatic rings. The third-order valence-electron chi connectivity index (χ3n) is 3.17. The first-order chi connectivity index (χ1) is 9.40. The summed E-state index contributed by atoms with van der Waals surface area (Å²) in [5, 5.41) is 3.10. The van der Waals surface area contributed by atoms with Gasteiger partial charge in [-0.3, -0.25) is 0 Å². The number of rotatable bonds is 8. The number of sulfonamides is 1. The van der Waals surface area contributed by atoms with Gasteiger partial charge in [0.05, 0.1) is 4.90 Å². The Hall–Kier alpha value is -0.950. The van der Waals surface area contributed by atoms with Crippen LogP contribution < -0.4 is 10.0 Å². The predicted octanol–water partition coefficient (Wildman–Crippen LogP) is 1.53. The summed E-state index contributed by atoms with van der Waals surface area (Å²) in [7, 11) is -0.0227. The molecule has 0 bridgehead atoms. The molecule has 0 radical (unpaired) electrons. The standard InChI is InChI=1S/C14H24N2O3S/c1-11(10-19-4)9-16-20(17,18)14-7-5-6-13(8-14)12(2)15-3/h5-8,11-12,15-16H,9-10H2,1-4H3. The van der Waals surface area contributed by atoms with Gasteiger partial charge in [0.1, 0.15) is 0 Å². The number of methoxy groups -OCH3 is 1. The van der Waals surface area contributed by atoms with Gasteiger partial charge in [0, 0.05) is 26.3 Å². The van der Waals surface area contributed by atoms with Crippen molar-refractivity contribution in [1.82, 2.24) is 10.0 Å². The van der Waals surface area contributed by atoms with E-state index in [1.54, 1.807) is 25.3 Å². The lowest BCUT2D eigenvalue weighted by Gasteiger charge is -2.14. The van der Waals surface area contributed by atoms with Crippen molar-refractivity contribution >= 4 is 10.0 Å². The van der Waals surface area contributed by atoms with Gasteiger partial charge in [0.25, 0.3) is 0 Å². The van der Waals surface area contributed by atoms with E-state index in [2.05, 4.69) is 10.0 Å². The Morgan fingerprint density at radius 1 is 1.30 bits per heavy atom. The number of nitrogens with one attached hydrogen (secondary N) is 2. The predicted molar refractivity (Wildman–Crippen MR) is 80.1 cm³/mol. The maximum atomic E-state index is 12.2. The highest BCUT2D eigenvalue weighted by atomic mass is 32.2. The molecule has 2 atom stereocenters. The summed E-state index contributed by atoms with van der Waals surface area (Å²) < 4.78 is 32.1. The Morgan fingerprint density at radius 3 is 2.60 bits per heavy atom. The van der Waals surface area contributed by atoms with Gasteiger partial charge in [0.15, 0.2) is 0 Å². The minimum Gasteiger partial charge on any atom is -0.384 e. The van der Waals surface area contributed by atoms with E-state index in [1.165, 1.54) is 0 Å². The van der Waals surface area contributed by atoms with Gasteiger partial charge in [0.2, 0.25) is 10.0 Å². The number of benzene rings is 1. The van der Waals surface area contributed by atoms with Crippen LogP contribution in [0.5, 0.6) is 0 Å². The summed E-state index contributed by atoms with van der Waals surface area (Å²) in [4.78, 5) is 0.293. The second-order valence-corrected chi connectivity index (χ2v) is 6.76. The Balaban J connectivity index is 2.82. The van der Waals surface area contributed by atoms with Crippen LogP contribution in [-0.4, -0.2) is 35.7 Å². The molecular formula is C14H24N2O3S. The number of ether oxygens (including phenoxy) is 1. The molecule has 1 rings (SSSR count). The molecule has 0 fully saturated rings. The van der Waals surface area contributed by atoms with E-state index >= 15 is 0 Å². The van der Waals surface area contributed by atoms with Crippen LogP contribution in [0.3, 0.4) is 0 Å². The van der Waals surface area contributed by atoms with Crippen LogP contribution in [0.2, 0.25) is 0 Å². The summed E-state index contributed by atoms with van der Waals surface area (Å²) in [6.45, 7) is 4.81. The minimum absolute atomic E-state index is 0.109. The summed E-state index contributed by atoms with van der Waals surface area (Å²) in [5.41, 5.74) is 0.945. The first kappa shape index (κ1) is 17.1. The van der Waals surface area contributed by atoms with Crippen molar-refractivity contribution in [2.75, 3.05) is 27.3 Å². The average Bonchev–Trinajstić information content (AvgIpc) is 2.45. The van der Waals surface area contributed by atoms with E-state index in [9.17, 15) is 8.42 Å². The van der Waals surface area contributed by atoms with Crippen molar-refractivity contribution < 1.29 is 13.2 Å². The van der Waals surface area contributed by atoms with Gasteiger partial charge in [-0.15, -0.1) is 0 Å². The highest BCUT2D eigenvalue weighted by molar-refractivity contribution is 7.89. The molecule has 0 aromatic heterocycles. The van der Waals surface area contributed by atoms with Gasteiger partial charge in [-0.05, 0) is 37.6 Å². The Morgan fingerprint density at radius 2 is 2.00 bits per heavy atom. The minimum atomic E-state index is -3.47. The van der Waals surface area contributed by atoms with Crippen LogP contribution in [0, 0.1) is 5.92 Å². The maximum Gasteiger partial charge on any atom is 0.240 e. The van der Waals surface area contributed by atoms with E-state index in [-0.39, 0.29) is 12.0 Å². The van der Waals surface area contributed by atoms with Crippen molar-refractivity contribution in [3.8, 4) is 0 Å². The van der Waals surface area contributed by atoms with Crippen molar-refractivity contribution in [3.05, 3.63) is 29.8 Å². The fourth-order valence-corrected chi connectivity index (χ4v) is 3.02. The van der Waals surface area contributed by atoms with Crippen LogP contribution in [0.1, 0.15) is 25.5 Å². The molecule has 0 amide bonds. The molecule has 6 heteroatoms. The molecule has 20 heavy (non-hydrogen) atoms. The smallest absolute Gasteiger partial charge is 0.240 e. The van der Waals surface area contributed by atoms with Gasteiger partial charge >= 0.3 is 0 Å². The lowest BCUT2D eigenvalue weighted by Crippen LogP contribution is -2.30. The molecule has 0 heterocycles. The van der Waals surface area contributed by atoms with E-state index in [0.29, 0.717) is 18.0 Å². The van der Waals surface area contributed by atoms with Crippen LogP contribution >= 0.6 is 0 Å². The van der Waals surface area contributed by atoms with Crippen LogP contribution in [0.25, 0.3) is 0 Å². The summed E-state index contributed by atoms with van der Waals surface area (Å²) in [5.74, 6) is 0.134. The van der Waals surface area contributed by atoms with Gasteiger partial charge in [-0.2, -0.15) is 0 Å². The molecule has 5 nitrogen and oxygen atoms in total. The van der Waals surface area contributed by atoms with Crippen molar-refractivity contribution in [1.29, 1.82) is 0 Å². The zero-order valence-electron chi connectivity index (χ0n) is 12.5. The molecule has 2 unspecified atom stereocenters. The van der Waals surface area contributed by atoms with E-state index < -0.39 is 10.0 Å². The quantitative estimate of drug-likeness (QED) is 0.764. The highest BCUT2D eigenvalue weighted by Crippen LogP contribution is 2.17. The molecule has 0 saturated carbocycles. The zero-order chi connectivity index (χ0) is 15.2. The zero-order valence-corrected chi connectivity index (χ0v) is 13.3.